The molecule has 0 bridgehead atoms. The predicted molar refractivity (Wildman–Crippen MR) is 67.7 cm³/mol. The van der Waals surface area contributed by atoms with Crippen molar-refractivity contribution in [2.75, 3.05) is 18.0 Å². The summed E-state index contributed by atoms with van der Waals surface area (Å²) in [6, 6.07) is 1.91. The van der Waals surface area contributed by atoms with Crippen molar-refractivity contribution in [3.8, 4) is 0 Å². The Morgan fingerprint density at radius 1 is 1.35 bits per heavy atom. The zero-order valence-corrected chi connectivity index (χ0v) is 10.1. The molecule has 0 aliphatic carbocycles. The normalized spacial score (nSPS) is 15.0. The molecule has 6 nitrogen and oxygen atoms in total. The average molecular weight is 234 g/mol. The van der Waals surface area contributed by atoms with Crippen molar-refractivity contribution in [3.63, 3.8) is 0 Å². The van der Waals surface area contributed by atoms with Crippen LogP contribution in [0.3, 0.4) is 0 Å². The third-order valence-electron chi connectivity index (χ3n) is 2.71. The number of nitrogens with two attached hydrogens (primary N) is 2. The van der Waals surface area contributed by atoms with Gasteiger partial charge in [0.1, 0.15) is 0 Å². The van der Waals surface area contributed by atoms with E-state index < -0.39 is 0 Å². The number of aromatic nitrogens is 2. The molecular weight excluding hydrogens is 216 g/mol. The lowest BCUT2D eigenvalue weighted by Gasteiger charge is -2.16. The highest BCUT2D eigenvalue weighted by Crippen LogP contribution is 2.16. The Morgan fingerprint density at radius 3 is 2.71 bits per heavy atom. The molecular formula is C11H18N6. The van der Waals surface area contributed by atoms with E-state index in [0.29, 0.717) is 6.54 Å². The molecule has 1 saturated heterocycles. The van der Waals surface area contributed by atoms with Crippen LogP contribution >= 0.6 is 0 Å². The summed E-state index contributed by atoms with van der Waals surface area (Å²) in [6.07, 6.45) is 2.42. The molecule has 4 N–H and O–H groups in total. The summed E-state index contributed by atoms with van der Waals surface area (Å²) < 4.78 is 0. The molecule has 0 saturated carbocycles. The van der Waals surface area contributed by atoms with Crippen LogP contribution in [0, 0.1) is 6.92 Å². The number of guanidine groups is 1. The van der Waals surface area contributed by atoms with Crippen molar-refractivity contribution < 1.29 is 0 Å². The number of hydrogen-bond donors (Lipinski definition) is 2. The first-order chi connectivity index (χ1) is 8.15. The lowest BCUT2D eigenvalue weighted by atomic mass is 10.3. The van der Waals surface area contributed by atoms with Crippen LogP contribution in [0.5, 0.6) is 0 Å². The quantitative estimate of drug-likeness (QED) is 0.574. The van der Waals surface area contributed by atoms with Gasteiger partial charge in [-0.2, -0.15) is 0 Å². The Kier molecular flexibility index (Phi) is 3.41. The van der Waals surface area contributed by atoms with Crippen LogP contribution in [0.1, 0.15) is 24.2 Å². The van der Waals surface area contributed by atoms with Crippen molar-refractivity contribution in [1.29, 1.82) is 0 Å². The molecule has 1 aromatic rings. The van der Waals surface area contributed by atoms with Crippen LogP contribution in [0.4, 0.5) is 5.95 Å². The molecule has 2 rings (SSSR count). The second-order valence-electron chi connectivity index (χ2n) is 4.24. The van der Waals surface area contributed by atoms with Gasteiger partial charge in [0.2, 0.25) is 5.95 Å². The fourth-order valence-corrected chi connectivity index (χ4v) is 1.93. The standard InChI is InChI=1S/C11H18N6/c1-8-6-9(7-14-10(12)13)16-11(15-8)17-4-2-3-5-17/h6H,2-5,7H2,1H3,(H4,12,13,14). The lowest BCUT2D eigenvalue weighted by molar-refractivity contribution is 0.857. The molecule has 17 heavy (non-hydrogen) atoms. The van der Waals surface area contributed by atoms with Crippen molar-refractivity contribution in [2.45, 2.75) is 26.3 Å². The van der Waals surface area contributed by atoms with E-state index in [9.17, 15) is 0 Å². The molecule has 92 valence electrons. The molecule has 6 heteroatoms. The summed E-state index contributed by atoms with van der Waals surface area (Å²) in [5.74, 6) is 0.882. The van der Waals surface area contributed by atoms with E-state index in [0.717, 1.165) is 30.4 Å². The van der Waals surface area contributed by atoms with E-state index in [1.54, 1.807) is 0 Å². The van der Waals surface area contributed by atoms with E-state index in [1.807, 2.05) is 13.0 Å². The van der Waals surface area contributed by atoms with Crippen LogP contribution in [-0.2, 0) is 6.54 Å². The zero-order valence-electron chi connectivity index (χ0n) is 10.1. The second kappa shape index (κ2) is 4.99. The summed E-state index contributed by atoms with van der Waals surface area (Å²) in [5.41, 5.74) is 12.4. The van der Waals surface area contributed by atoms with Crippen molar-refractivity contribution in [3.05, 3.63) is 17.5 Å². The van der Waals surface area contributed by atoms with E-state index in [1.165, 1.54) is 12.8 Å². The van der Waals surface area contributed by atoms with Crippen LogP contribution in [0.25, 0.3) is 0 Å². The topological polar surface area (TPSA) is 93.4 Å². The molecule has 0 amide bonds. The Morgan fingerprint density at radius 2 is 2.06 bits per heavy atom. The summed E-state index contributed by atoms with van der Waals surface area (Å²) >= 11 is 0. The molecule has 1 fully saturated rings. The van der Waals surface area contributed by atoms with Crippen molar-refractivity contribution in [2.24, 2.45) is 16.5 Å². The van der Waals surface area contributed by atoms with E-state index in [2.05, 4.69) is 19.9 Å². The van der Waals surface area contributed by atoms with Crippen molar-refractivity contribution in [1.82, 2.24) is 9.97 Å². The van der Waals surface area contributed by atoms with Gasteiger partial charge >= 0.3 is 0 Å². The van der Waals surface area contributed by atoms with Gasteiger partial charge in [0.25, 0.3) is 0 Å². The van der Waals surface area contributed by atoms with Crippen LogP contribution < -0.4 is 16.4 Å². The first-order valence-corrected chi connectivity index (χ1v) is 5.80. The molecule has 0 atom stereocenters. The molecule has 0 radical (unpaired) electrons. The molecule has 1 aromatic heterocycles. The summed E-state index contributed by atoms with van der Waals surface area (Å²) in [5, 5.41) is 0. The Balaban J connectivity index is 2.19. The lowest BCUT2D eigenvalue weighted by Crippen LogP contribution is -2.23. The first kappa shape index (κ1) is 11.6. The predicted octanol–water partition coefficient (Wildman–Crippen LogP) is 0.159. The average Bonchev–Trinajstić information content (AvgIpc) is 2.79. The monoisotopic (exact) mass is 234 g/mol. The SMILES string of the molecule is Cc1cc(CN=C(N)N)nc(N2CCCC2)n1. The summed E-state index contributed by atoms with van der Waals surface area (Å²) in [7, 11) is 0. The first-order valence-electron chi connectivity index (χ1n) is 5.80. The smallest absolute Gasteiger partial charge is 0.225 e. The van der Waals surface area contributed by atoms with Gasteiger partial charge in [0.05, 0.1) is 12.2 Å². The Bertz CT molecular complexity index is 418. The number of aryl methyl sites for hydroxylation is 1. The van der Waals surface area contributed by atoms with Gasteiger partial charge in [-0.25, -0.2) is 15.0 Å². The highest BCUT2D eigenvalue weighted by atomic mass is 15.3. The largest absolute Gasteiger partial charge is 0.370 e. The molecule has 1 aliphatic rings. The minimum Gasteiger partial charge on any atom is -0.370 e. The Labute approximate surface area is 101 Å². The second-order valence-corrected chi connectivity index (χ2v) is 4.24. The molecule has 0 spiro atoms. The number of aliphatic imine (C=N–C) groups is 1. The highest BCUT2D eigenvalue weighted by Gasteiger charge is 2.15. The molecule has 0 aromatic carbocycles. The summed E-state index contributed by atoms with van der Waals surface area (Å²) in [6.45, 7) is 4.43. The minimum absolute atomic E-state index is 0.0870. The minimum atomic E-state index is 0.0870. The molecule has 1 aliphatic heterocycles. The number of hydrogen-bond acceptors (Lipinski definition) is 4. The number of nitrogens with zero attached hydrogens (tertiary/aromatic N) is 4. The van der Waals surface area contributed by atoms with Crippen LogP contribution in [0.15, 0.2) is 11.1 Å². The third kappa shape index (κ3) is 3.05. The van der Waals surface area contributed by atoms with Gasteiger partial charge in [0, 0.05) is 18.8 Å². The van der Waals surface area contributed by atoms with E-state index >= 15 is 0 Å². The van der Waals surface area contributed by atoms with Crippen molar-refractivity contribution >= 4 is 11.9 Å². The maximum absolute atomic E-state index is 5.31. The van der Waals surface area contributed by atoms with Gasteiger partial charge in [-0.15, -0.1) is 0 Å². The third-order valence-corrected chi connectivity index (χ3v) is 2.71. The maximum Gasteiger partial charge on any atom is 0.225 e. The van der Waals surface area contributed by atoms with Gasteiger partial charge in [-0.1, -0.05) is 0 Å². The van der Waals surface area contributed by atoms with Crippen LogP contribution in [-0.4, -0.2) is 29.0 Å². The maximum atomic E-state index is 5.31. The summed E-state index contributed by atoms with van der Waals surface area (Å²) in [4.78, 5) is 15.1. The Hall–Kier alpha value is -1.85. The van der Waals surface area contributed by atoms with E-state index in [-0.39, 0.29) is 5.96 Å². The number of rotatable bonds is 3. The van der Waals surface area contributed by atoms with Gasteiger partial charge in [-0.3, -0.25) is 0 Å². The van der Waals surface area contributed by atoms with Crippen LogP contribution in [0.2, 0.25) is 0 Å². The fourth-order valence-electron chi connectivity index (χ4n) is 1.93. The van der Waals surface area contributed by atoms with Gasteiger partial charge in [0.15, 0.2) is 5.96 Å². The fraction of sp³-hybridized carbons (Fsp3) is 0.545. The highest BCUT2D eigenvalue weighted by molar-refractivity contribution is 5.75. The number of anilines is 1. The van der Waals surface area contributed by atoms with Gasteiger partial charge < -0.3 is 16.4 Å². The molecule has 0 unspecified atom stereocenters. The zero-order chi connectivity index (χ0) is 12.3. The molecule has 2 heterocycles. The van der Waals surface area contributed by atoms with Gasteiger partial charge in [-0.05, 0) is 25.8 Å². The van der Waals surface area contributed by atoms with E-state index in [4.69, 9.17) is 11.5 Å².